The van der Waals surface area contributed by atoms with Crippen LogP contribution in [0.3, 0.4) is 0 Å². The summed E-state index contributed by atoms with van der Waals surface area (Å²) in [7, 11) is 0. The third kappa shape index (κ3) is 2.09. The van der Waals surface area contributed by atoms with E-state index in [4.69, 9.17) is 11.6 Å². The number of hydrogen-bond acceptors (Lipinski definition) is 3. The van der Waals surface area contributed by atoms with Crippen molar-refractivity contribution in [3.63, 3.8) is 0 Å². The lowest BCUT2D eigenvalue weighted by molar-refractivity contribution is 0.406. The fraction of sp³-hybridized carbons (Fsp3) is 0.615. The maximum atomic E-state index is 6.26. The van der Waals surface area contributed by atoms with E-state index in [0.717, 1.165) is 16.9 Å². The summed E-state index contributed by atoms with van der Waals surface area (Å²) in [6.07, 6.45) is 1.59. The number of fused-ring (bicyclic) bond motifs is 1. The zero-order valence-electron chi connectivity index (χ0n) is 11.7. The molecule has 0 radical (unpaired) electrons. The minimum atomic E-state index is -0.157. The van der Waals surface area contributed by atoms with Gasteiger partial charge in [-0.05, 0) is 32.4 Å². The number of halogens is 1. The Hall–Kier alpha value is -1.16. The van der Waals surface area contributed by atoms with Crippen molar-refractivity contribution in [3.05, 3.63) is 17.3 Å². The monoisotopic (exact) mass is 266 g/mol. The number of hydrogen-bond donors (Lipinski definition) is 0. The van der Waals surface area contributed by atoms with Crippen LogP contribution in [0.4, 0.5) is 0 Å². The standard InChI is InChI=1S/C13H19ClN4/c1-12(2,3)9-8-10(16-7-15-9)18(11(14)17-8)13(4,5)6/h7H,1-6H3. The van der Waals surface area contributed by atoms with Crippen molar-refractivity contribution in [2.45, 2.75) is 52.5 Å². The average Bonchev–Trinajstić information content (AvgIpc) is 2.50. The predicted octanol–water partition coefficient (Wildman–Crippen LogP) is 3.53. The quantitative estimate of drug-likeness (QED) is 0.685. The predicted molar refractivity (Wildman–Crippen MR) is 74.0 cm³/mol. The Morgan fingerprint density at radius 1 is 1.06 bits per heavy atom. The van der Waals surface area contributed by atoms with Gasteiger partial charge >= 0.3 is 0 Å². The second-order valence-electron chi connectivity index (χ2n) is 6.53. The van der Waals surface area contributed by atoms with Gasteiger partial charge in [0.05, 0.1) is 5.69 Å². The van der Waals surface area contributed by atoms with E-state index in [9.17, 15) is 0 Å². The van der Waals surface area contributed by atoms with Gasteiger partial charge in [-0.2, -0.15) is 0 Å². The van der Waals surface area contributed by atoms with Crippen molar-refractivity contribution in [2.75, 3.05) is 0 Å². The number of aromatic nitrogens is 4. The first-order chi connectivity index (χ1) is 8.12. The Balaban J connectivity index is 2.84. The summed E-state index contributed by atoms with van der Waals surface area (Å²) < 4.78 is 1.95. The maximum Gasteiger partial charge on any atom is 0.205 e. The molecule has 98 valence electrons. The highest BCUT2D eigenvalue weighted by atomic mass is 35.5. The summed E-state index contributed by atoms with van der Waals surface area (Å²) in [6.45, 7) is 12.6. The van der Waals surface area contributed by atoms with E-state index in [1.165, 1.54) is 0 Å². The first kappa shape index (κ1) is 13.3. The summed E-state index contributed by atoms with van der Waals surface area (Å²) in [6, 6.07) is 0. The molecule has 2 heterocycles. The molecule has 0 fully saturated rings. The molecule has 2 rings (SSSR count). The first-order valence-electron chi connectivity index (χ1n) is 6.02. The second-order valence-corrected chi connectivity index (χ2v) is 6.87. The van der Waals surface area contributed by atoms with Crippen LogP contribution in [0.2, 0.25) is 5.28 Å². The lowest BCUT2D eigenvalue weighted by Crippen LogP contribution is -2.22. The molecule has 0 N–H and O–H groups in total. The Labute approximate surface area is 112 Å². The smallest absolute Gasteiger partial charge is 0.205 e. The van der Waals surface area contributed by atoms with Crippen LogP contribution in [-0.4, -0.2) is 19.5 Å². The lowest BCUT2D eigenvalue weighted by Gasteiger charge is -2.22. The summed E-state index contributed by atoms with van der Waals surface area (Å²) in [4.78, 5) is 13.2. The van der Waals surface area contributed by atoms with Gasteiger partial charge in [0.15, 0.2) is 5.65 Å². The third-order valence-corrected chi connectivity index (χ3v) is 3.04. The molecule has 0 saturated carbocycles. The van der Waals surface area contributed by atoms with E-state index in [2.05, 4.69) is 56.5 Å². The molecule has 4 nitrogen and oxygen atoms in total. The van der Waals surface area contributed by atoms with Gasteiger partial charge < -0.3 is 0 Å². The van der Waals surface area contributed by atoms with Gasteiger partial charge in [0.2, 0.25) is 5.28 Å². The van der Waals surface area contributed by atoms with Crippen LogP contribution in [-0.2, 0) is 11.0 Å². The van der Waals surface area contributed by atoms with Crippen molar-refractivity contribution in [1.82, 2.24) is 19.5 Å². The lowest BCUT2D eigenvalue weighted by atomic mass is 9.91. The van der Waals surface area contributed by atoms with Crippen LogP contribution in [0.5, 0.6) is 0 Å². The van der Waals surface area contributed by atoms with Crippen LogP contribution in [0.15, 0.2) is 6.33 Å². The van der Waals surface area contributed by atoms with Crippen molar-refractivity contribution in [1.29, 1.82) is 0 Å². The van der Waals surface area contributed by atoms with Crippen molar-refractivity contribution in [2.24, 2.45) is 0 Å². The van der Waals surface area contributed by atoms with Gasteiger partial charge in [0, 0.05) is 11.0 Å². The van der Waals surface area contributed by atoms with Gasteiger partial charge in [-0.1, -0.05) is 20.8 Å². The van der Waals surface area contributed by atoms with E-state index in [0.29, 0.717) is 5.28 Å². The molecule has 0 saturated heterocycles. The topological polar surface area (TPSA) is 43.6 Å². The Morgan fingerprint density at radius 2 is 1.67 bits per heavy atom. The molecular formula is C13H19ClN4. The summed E-state index contributed by atoms with van der Waals surface area (Å²) >= 11 is 6.26. The fourth-order valence-corrected chi connectivity index (χ4v) is 2.43. The van der Waals surface area contributed by atoms with Gasteiger partial charge in [-0.25, -0.2) is 15.0 Å². The van der Waals surface area contributed by atoms with Gasteiger partial charge in [-0.3, -0.25) is 4.57 Å². The van der Waals surface area contributed by atoms with Crippen LogP contribution >= 0.6 is 11.6 Å². The molecule has 0 aliphatic heterocycles. The highest BCUT2D eigenvalue weighted by molar-refractivity contribution is 6.29. The van der Waals surface area contributed by atoms with Crippen LogP contribution < -0.4 is 0 Å². The van der Waals surface area contributed by atoms with E-state index >= 15 is 0 Å². The molecule has 0 aromatic carbocycles. The molecule has 5 heteroatoms. The largest absolute Gasteiger partial charge is 0.294 e. The Bertz CT molecular complexity index is 587. The van der Waals surface area contributed by atoms with E-state index < -0.39 is 0 Å². The number of imidazole rings is 1. The van der Waals surface area contributed by atoms with E-state index in [1.54, 1.807) is 6.33 Å². The van der Waals surface area contributed by atoms with E-state index in [-0.39, 0.29) is 11.0 Å². The molecule has 0 amide bonds. The summed E-state index contributed by atoms with van der Waals surface area (Å²) in [5.41, 5.74) is 2.28. The first-order valence-corrected chi connectivity index (χ1v) is 6.40. The SMILES string of the molecule is CC(C)(C)c1ncnc2c1nc(Cl)n2C(C)(C)C. The number of rotatable bonds is 0. The average molecular weight is 267 g/mol. The van der Waals surface area contributed by atoms with E-state index in [1.807, 2.05) is 4.57 Å². The fourth-order valence-electron chi connectivity index (χ4n) is 2.01. The third-order valence-electron chi connectivity index (χ3n) is 2.78. The zero-order valence-corrected chi connectivity index (χ0v) is 12.5. The molecule has 0 bridgehead atoms. The molecule has 0 unspecified atom stereocenters. The summed E-state index contributed by atoms with van der Waals surface area (Å²) in [5, 5.41) is 0.462. The van der Waals surface area contributed by atoms with Crippen molar-refractivity contribution < 1.29 is 0 Å². The van der Waals surface area contributed by atoms with Crippen LogP contribution in [0, 0.1) is 0 Å². The normalized spacial score (nSPS) is 13.3. The van der Waals surface area contributed by atoms with Crippen LogP contribution in [0.1, 0.15) is 47.2 Å². The minimum absolute atomic E-state index is 0.0818. The molecule has 2 aromatic heterocycles. The Morgan fingerprint density at radius 3 is 2.17 bits per heavy atom. The minimum Gasteiger partial charge on any atom is -0.294 e. The molecule has 18 heavy (non-hydrogen) atoms. The zero-order chi connectivity index (χ0) is 13.7. The molecular weight excluding hydrogens is 248 g/mol. The molecule has 0 spiro atoms. The highest BCUT2D eigenvalue weighted by Crippen LogP contribution is 2.31. The highest BCUT2D eigenvalue weighted by Gasteiger charge is 2.27. The molecule has 0 aliphatic carbocycles. The van der Waals surface area contributed by atoms with Gasteiger partial charge in [0.1, 0.15) is 11.8 Å². The van der Waals surface area contributed by atoms with Gasteiger partial charge in [0.25, 0.3) is 0 Å². The molecule has 0 atom stereocenters. The van der Waals surface area contributed by atoms with Crippen molar-refractivity contribution >= 4 is 22.8 Å². The molecule has 2 aromatic rings. The molecule has 0 aliphatic rings. The number of nitrogens with zero attached hydrogens (tertiary/aromatic N) is 4. The van der Waals surface area contributed by atoms with Gasteiger partial charge in [-0.15, -0.1) is 0 Å². The van der Waals surface area contributed by atoms with Crippen LogP contribution in [0.25, 0.3) is 11.2 Å². The second kappa shape index (κ2) is 3.92. The maximum absolute atomic E-state index is 6.26. The van der Waals surface area contributed by atoms with Crippen molar-refractivity contribution in [3.8, 4) is 0 Å². The Kier molecular flexibility index (Phi) is 2.89. The summed E-state index contributed by atoms with van der Waals surface area (Å²) in [5.74, 6) is 0.